The summed E-state index contributed by atoms with van der Waals surface area (Å²) in [7, 11) is 1.62. The van der Waals surface area contributed by atoms with Crippen molar-refractivity contribution in [3.63, 3.8) is 0 Å². The lowest BCUT2D eigenvalue weighted by Gasteiger charge is -2.09. The highest BCUT2D eigenvalue weighted by atomic mass is 16.5. The van der Waals surface area contributed by atoms with Gasteiger partial charge in [0.1, 0.15) is 17.3 Å². The van der Waals surface area contributed by atoms with E-state index in [1.165, 1.54) is 0 Å². The van der Waals surface area contributed by atoms with E-state index < -0.39 is 6.04 Å². The van der Waals surface area contributed by atoms with Crippen LogP contribution in [-0.4, -0.2) is 27.4 Å². The van der Waals surface area contributed by atoms with Gasteiger partial charge in [-0.15, -0.1) is 0 Å². The maximum Gasteiger partial charge on any atom is 0.181 e. The number of rotatable bonds is 4. The first kappa shape index (κ1) is 14.1. The van der Waals surface area contributed by atoms with Crippen LogP contribution in [0.2, 0.25) is 0 Å². The SMILES string of the molecule is COc1ccc([C@@H](N)c2nc(-c3cccc(O)c3)n[nH]2)cc1. The van der Waals surface area contributed by atoms with Crippen molar-refractivity contribution in [3.8, 4) is 22.9 Å². The topological polar surface area (TPSA) is 97.1 Å². The number of phenols is 1. The first-order chi connectivity index (χ1) is 10.7. The zero-order chi connectivity index (χ0) is 15.5. The molecule has 0 spiro atoms. The van der Waals surface area contributed by atoms with E-state index >= 15 is 0 Å². The molecule has 1 aromatic heterocycles. The zero-order valence-corrected chi connectivity index (χ0v) is 12.0. The van der Waals surface area contributed by atoms with Crippen molar-refractivity contribution in [2.45, 2.75) is 6.04 Å². The van der Waals surface area contributed by atoms with Crippen LogP contribution < -0.4 is 10.5 Å². The molecule has 3 rings (SSSR count). The van der Waals surface area contributed by atoms with Crippen LogP contribution in [0.5, 0.6) is 11.5 Å². The van der Waals surface area contributed by atoms with Gasteiger partial charge in [0.25, 0.3) is 0 Å². The molecule has 1 heterocycles. The van der Waals surface area contributed by atoms with Gasteiger partial charge in [-0.3, -0.25) is 5.10 Å². The lowest BCUT2D eigenvalue weighted by Crippen LogP contribution is -2.13. The highest BCUT2D eigenvalue weighted by molar-refractivity contribution is 5.57. The summed E-state index contributed by atoms with van der Waals surface area (Å²) in [5, 5.41) is 16.5. The Labute approximate surface area is 127 Å². The number of nitrogens with zero attached hydrogens (tertiary/aromatic N) is 2. The van der Waals surface area contributed by atoms with Gasteiger partial charge in [-0.05, 0) is 29.8 Å². The summed E-state index contributed by atoms with van der Waals surface area (Å²) in [4.78, 5) is 4.41. The summed E-state index contributed by atoms with van der Waals surface area (Å²) in [5.41, 5.74) is 7.83. The summed E-state index contributed by atoms with van der Waals surface area (Å²) >= 11 is 0. The first-order valence-corrected chi connectivity index (χ1v) is 6.78. The summed E-state index contributed by atoms with van der Waals surface area (Å²) < 4.78 is 5.13. The van der Waals surface area contributed by atoms with E-state index in [1.54, 1.807) is 25.3 Å². The molecule has 0 amide bonds. The standard InChI is InChI=1S/C16H16N4O2/c1-22-13-7-5-10(6-8-13)14(17)16-18-15(19-20-16)11-3-2-4-12(21)9-11/h2-9,14,21H,17H2,1H3,(H,18,19,20)/t14-/m1/s1. The Morgan fingerprint density at radius 2 is 1.95 bits per heavy atom. The smallest absolute Gasteiger partial charge is 0.181 e. The van der Waals surface area contributed by atoms with Crippen molar-refractivity contribution in [2.75, 3.05) is 7.11 Å². The number of hydrogen-bond acceptors (Lipinski definition) is 5. The second-order valence-electron chi connectivity index (χ2n) is 4.85. The van der Waals surface area contributed by atoms with Crippen LogP contribution in [0.4, 0.5) is 0 Å². The number of nitrogens with two attached hydrogens (primary N) is 1. The zero-order valence-electron chi connectivity index (χ0n) is 12.0. The monoisotopic (exact) mass is 296 g/mol. The summed E-state index contributed by atoms with van der Waals surface area (Å²) in [6.45, 7) is 0. The van der Waals surface area contributed by atoms with E-state index in [0.717, 1.165) is 16.9 Å². The largest absolute Gasteiger partial charge is 0.508 e. The van der Waals surface area contributed by atoms with Crippen LogP contribution in [0.3, 0.4) is 0 Å². The number of ether oxygens (including phenoxy) is 1. The number of hydrogen-bond donors (Lipinski definition) is 3. The van der Waals surface area contributed by atoms with E-state index in [9.17, 15) is 5.11 Å². The van der Waals surface area contributed by atoms with Crippen LogP contribution in [-0.2, 0) is 0 Å². The predicted molar refractivity (Wildman–Crippen MR) is 82.5 cm³/mol. The number of aromatic hydroxyl groups is 1. The third-order valence-corrected chi connectivity index (χ3v) is 3.38. The average Bonchev–Trinajstić information content (AvgIpc) is 3.04. The van der Waals surface area contributed by atoms with E-state index in [4.69, 9.17) is 10.5 Å². The summed E-state index contributed by atoms with van der Waals surface area (Å²) in [6.07, 6.45) is 0. The molecule has 0 aliphatic heterocycles. The molecule has 0 radical (unpaired) electrons. The van der Waals surface area contributed by atoms with Gasteiger partial charge in [0.05, 0.1) is 13.2 Å². The molecule has 6 heteroatoms. The van der Waals surface area contributed by atoms with Crippen LogP contribution in [0.25, 0.3) is 11.4 Å². The number of benzene rings is 2. The fraction of sp³-hybridized carbons (Fsp3) is 0.125. The Morgan fingerprint density at radius 1 is 1.18 bits per heavy atom. The minimum Gasteiger partial charge on any atom is -0.508 e. The lowest BCUT2D eigenvalue weighted by atomic mass is 10.1. The Kier molecular flexibility index (Phi) is 3.76. The number of H-pyrrole nitrogens is 1. The fourth-order valence-corrected chi connectivity index (χ4v) is 2.16. The highest BCUT2D eigenvalue weighted by Gasteiger charge is 2.15. The molecule has 0 fully saturated rings. The van der Waals surface area contributed by atoms with Crippen molar-refractivity contribution >= 4 is 0 Å². The van der Waals surface area contributed by atoms with Crippen molar-refractivity contribution in [2.24, 2.45) is 5.73 Å². The van der Waals surface area contributed by atoms with Gasteiger partial charge in [0, 0.05) is 5.56 Å². The van der Waals surface area contributed by atoms with Gasteiger partial charge in [0.2, 0.25) is 0 Å². The van der Waals surface area contributed by atoms with Gasteiger partial charge >= 0.3 is 0 Å². The van der Waals surface area contributed by atoms with Crippen LogP contribution in [0, 0.1) is 0 Å². The molecule has 0 unspecified atom stereocenters. The molecule has 22 heavy (non-hydrogen) atoms. The normalized spacial score (nSPS) is 12.1. The molecule has 2 aromatic carbocycles. The molecule has 0 bridgehead atoms. The van der Waals surface area contributed by atoms with Gasteiger partial charge in [0.15, 0.2) is 5.82 Å². The third kappa shape index (κ3) is 2.77. The second kappa shape index (κ2) is 5.87. The number of methoxy groups -OCH3 is 1. The Hall–Kier alpha value is -2.86. The number of phenolic OH excluding ortho intramolecular Hbond substituents is 1. The van der Waals surface area contributed by atoms with Crippen LogP contribution in [0.15, 0.2) is 48.5 Å². The summed E-state index contributed by atoms with van der Waals surface area (Å²) in [5.74, 6) is 2.00. The van der Waals surface area contributed by atoms with Crippen LogP contribution in [0.1, 0.15) is 17.4 Å². The molecule has 0 saturated heterocycles. The Morgan fingerprint density at radius 3 is 2.64 bits per heavy atom. The van der Waals surface area contributed by atoms with E-state index in [0.29, 0.717) is 11.6 Å². The molecule has 0 aliphatic carbocycles. The lowest BCUT2D eigenvalue weighted by molar-refractivity contribution is 0.414. The first-order valence-electron chi connectivity index (χ1n) is 6.78. The molecule has 0 saturated carbocycles. The Bertz CT molecular complexity index is 768. The summed E-state index contributed by atoms with van der Waals surface area (Å²) in [6, 6.07) is 13.8. The van der Waals surface area contributed by atoms with E-state index in [2.05, 4.69) is 15.2 Å². The van der Waals surface area contributed by atoms with Gasteiger partial charge < -0.3 is 15.6 Å². The molecule has 112 valence electrons. The van der Waals surface area contributed by atoms with Crippen molar-refractivity contribution in [1.29, 1.82) is 0 Å². The predicted octanol–water partition coefficient (Wildman–Crippen LogP) is 2.23. The maximum absolute atomic E-state index is 9.52. The molecule has 4 N–H and O–H groups in total. The van der Waals surface area contributed by atoms with Gasteiger partial charge in [-0.2, -0.15) is 5.10 Å². The van der Waals surface area contributed by atoms with Crippen molar-refractivity contribution < 1.29 is 9.84 Å². The molecular weight excluding hydrogens is 280 g/mol. The number of nitrogens with one attached hydrogen (secondary N) is 1. The third-order valence-electron chi connectivity index (χ3n) is 3.38. The molecule has 0 aliphatic rings. The molecular formula is C16H16N4O2. The quantitative estimate of drug-likeness (QED) is 0.686. The van der Waals surface area contributed by atoms with Crippen LogP contribution >= 0.6 is 0 Å². The van der Waals surface area contributed by atoms with Crippen molar-refractivity contribution in [3.05, 3.63) is 59.9 Å². The number of aromatic nitrogens is 3. The maximum atomic E-state index is 9.52. The molecule has 3 aromatic rings. The highest BCUT2D eigenvalue weighted by Crippen LogP contribution is 2.23. The van der Waals surface area contributed by atoms with Gasteiger partial charge in [-0.25, -0.2) is 4.98 Å². The number of aromatic amines is 1. The Balaban J connectivity index is 1.86. The average molecular weight is 296 g/mol. The van der Waals surface area contributed by atoms with E-state index in [-0.39, 0.29) is 5.75 Å². The minimum absolute atomic E-state index is 0.170. The second-order valence-corrected chi connectivity index (χ2v) is 4.85. The molecule has 1 atom stereocenters. The van der Waals surface area contributed by atoms with E-state index in [1.807, 2.05) is 30.3 Å². The van der Waals surface area contributed by atoms with Crippen molar-refractivity contribution in [1.82, 2.24) is 15.2 Å². The van der Waals surface area contributed by atoms with Gasteiger partial charge in [-0.1, -0.05) is 24.3 Å². The fourth-order valence-electron chi connectivity index (χ4n) is 2.16. The molecule has 6 nitrogen and oxygen atoms in total. The minimum atomic E-state index is -0.413.